The second-order valence-electron chi connectivity index (χ2n) is 4.64. The maximum absolute atomic E-state index is 5.46. The van der Waals surface area contributed by atoms with E-state index in [4.69, 9.17) is 9.47 Å². The molecule has 0 amide bonds. The van der Waals surface area contributed by atoms with Crippen LogP contribution in [0.2, 0.25) is 0 Å². The molecule has 0 saturated heterocycles. The fourth-order valence-electron chi connectivity index (χ4n) is 2.45. The van der Waals surface area contributed by atoms with Crippen molar-refractivity contribution >= 4 is 0 Å². The summed E-state index contributed by atoms with van der Waals surface area (Å²) >= 11 is 0. The average molecular weight is 251 g/mol. The molecule has 1 aromatic carbocycles. The Bertz CT molecular complexity index is 366. The molecule has 1 rings (SSSR count). The smallest absolute Gasteiger partial charge is 0.123 e. The molecule has 102 valence electrons. The molecule has 0 heterocycles. The van der Waals surface area contributed by atoms with E-state index < -0.39 is 0 Å². The monoisotopic (exact) mass is 251 g/mol. The maximum Gasteiger partial charge on any atom is 0.123 e. The Balaban J connectivity index is 3.09. The highest BCUT2D eigenvalue weighted by atomic mass is 16.5. The Morgan fingerprint density at radius 2 is 1.94 bits per heavy atom. The SMILES string of the molecule is CCCC(C)C(NC)c1cc(OC)ccc1OC. The lowest BCUT2D eigenvalue weighted by Gasteiger charge is -2.25. The number of methoxy groups -OCH3 is 2. The number of hydrogen-bond donors (Lipinski definition) is 1. The Morgan fingerprint density at radius 3 is 2.44 bits per heavy atom. The van der Waals surface area contributed by atoms with Crippen molar-refractivity contribution in [3.8, 4) is 11.5 Å². The van der Waals surface area contributed by atoms with Gasteiger partial charge in [-0.25, -0.2) is 0 Å². The van der Waals surface area contributed by atoms with E-state index in [0.29, 0.717) is 5.92 Å². The molecular weight excluding hydrogens is 226 g/mol. The van der Waals surface area contributed by atoms with Gasteiger partial charge in [-0.2, -0.15) is 0 Å². The highest BCUT2D eigenvalue weighted by molar-refractivity contribution is 5.42. The molecule has 0 bridgehead atoms. The van der Waals surface area contributed by atoms with Crippen LogP contribution >= 0.6 is 0 Å². The predicted octanol–water partition coefficient (Wildman–Crippen LogP) is 3.40. The van der Waals surface area contributed by atoms with Gasteiger partial charge in [0.1, 0.15) is 11.5 Å². The minimum atomic E-state index is 0.287. The van der Waals surface area contributed by atoms with Crippen molar-refractivity contribution in [2.75, 3.05) is 21.3 Å². The van der Waals surface area contributed by atoms with Gasteiger partial charge in [0.2, 0.25) is 0 Å². The van der Waals surface area contributed by atoms with Gasteiger partial charge in [-0.05, 0) is 37.6 Å². The summed E-state index contributed by atoms with van der Waals surface area (Å²) in [6.45, 7) is 4.48. The first-order valence-electron chi connectivity index (χ1n) is 6.57. The minimum absolute atomic E-state index is 0.287. The van der Waals surface area contributed by atoms with Crippen LogP contribution in [-0.2, 0) is 0 Å². The molecule has 1 N–H and O–H groups in total. The van der Waals surface area contributed by atoms with Gasteiger partial charge in [-0.1, -0.05) is 20.3 Å². The zero-order chi connectivity index (χ0) is 13.5. The van der Waals surface area contributed by atoms with Gasteiger partial charge in [0, 0.05) is 11.6 Å². The molecule has 3 nitrogen and oxygen atoms in total. The zero-order valence-electron chi connectivity index (χ0n) is 12.1. The van der Waals surface area contributed by atoms with E-state index in [0.717, 1.165) is 11.5 Å². The van der Waals surface area contributed by atoms with Gasteiger partial charge >= 0.3 is 0 Å². The van der Waals surface area contributed by atoms with Gasteiger partial charge < -0.3 is 14.8 Å². The third-order valence-electron chi connectivity index (χ3n) is 3.40. The first-order valence-corrected chi connectivity index (χ1v) is 6.57. The molecule has 0 aromatic heterocycles. The molecular formula is C15H25NO2. The van der Waals surface area contributed by atoms with E-state index in [1.165, 1.54) is 18.4 Å². The minimum Gasteiger partial charge on any atom is -0.497 e. The molecule has 0 fully saturated rings. The van der Waals surface area contributed by atoms with E-state index in [2.05, 4.69) is 25.2 Å². The first kappa shape index (κ1) is 14.8. The Morgan fingerprint density at radius 1 is 1.22 bits per heavy atom. The van der Waals surface area contributed by atoms with Crippen molar-refractivity contribution < 1.29 is 9.47 Å². The van der Waals surface area contributed by atoms with Gasteiger partial charge in [0.25, 0.3) is 0 Å². The molecule has 2 unspecified atom stereocenters. The second-order valence-corrected chi connectivity index (χ2v) is 4.64. The molecule has 1 aromatic rings. The molecule has 0 saturated carbocycles. The largest absolute Gasteiger partial charge is 0.497 e. The van der Waals surface area contributed by atoms with Crippen LogP contribution in [0.15, 0.2) is 18.2 Å². The third-order valence-corrected chi connectivity index (χ3v) is 3.40. The van der Waals surface area contributed by atoms with Crippen molar-refractivity contribution in [1.29, 1.82) is 0 Å². The van der Waals surface area contributed by atoms with Crippen LogP contribution in [0.5, 0.6) is 11.5 Å². The Hall–Kier alpha value is -1.22. The summed E-state index contributed by atoms with van der Waals surface area (Å²) in [7, 11) is 5.40. The number of nitrogens with one attached hydrogen (secondary N) is 1. The van der Waals surface area contributed by atoms with Crippen LogP contribution in [0.3, 0.4) is 0 Å². The first-order chi connectivity index (χ1) is 8.67. The van der Waals surface area contributed by atoms with E-state index in [-0.39, 0.29) is 6.04 Å². The fraction of sp³-hybridized carbons (Fsp3) is 0.600. The molecule has 18 heavy (non-hydrogen) atoms. The van der Waals surface area contributed by atoms with E-state index >= 15 is 0 Å². The topological polar surface area (TPSA) is 30.5 Å². The van der Waals surface area contributed by atoms with Gasteiger partial charge in [0.05, 0.1) is 14.2 Å². The second kappa shape index (κ2) is 7.27. The van der Waals surface area contributed by atoms with Crippen molar-refractivity contribution in [1.82, 2.24) is 5.32 Å². The van der Waals surface area contributed by atoms with Crippen LogP contribution in [0, 0.1) is 5.92 Å². The van der Waals surface area contributed by atoms with E-state index in [9.17, 15) is 0 Å². The highest BCUT2D eigenvalue weighted by Gasteiger charge is 2.21. The molecule has 0 aliphatic heterocycles. The summed E-state index contributed by atoms with van der Waals surface area (Å²) in [5.74, 6) is 2.34. The summed E-state index contributed by atoms with van der Waals surface area (Å²) < 4.78 is 10.8. The summed E-state index contributed by atoms with van der Waals surface area (Å²) in [6, 6.07) is 6.25. The van der Waals surface area contributed by atoms with Crippen LogP contribution in [0.4, 0.5) is 0 Å². The lowest BCUT2D eigenvalue weighted by atomic mass is 9.90. The Kier molecular flexibility index (Phi) is 5.99. The third kappa shape index (κ3) is 3.39. The average Bonchev–Trinajstić information content (AvgIpc) is 2.39. The number of rotatable bonds is 7. The summed E-state index contributed by atoms with van der Waals surface area (Å²) in [5, 5.41) is 3.39. The summed E-state index contributed by atoms with van der Waals surface area (Å²) in [6.07, 6.45) is 2.37. The fourth-order valence-corrected chi connectivity index (χ4v) is 2.45. The number of benzene rings is 1. The van der Waals surface area contributed by atoms with Crippen molar-refractivity contribution in [3.63, 3.8) is 0 Å². The maximum atomic E-state index is 5.46. The number of hydrogen-bond acceptors (Lipinski definition) is 3. The number of ether oxygens (including phenoxy) is 2. The quantitative estimate of drug-likeness (QED) is 0.805. The molecule has 2 atom stereocenters. The van der Waals surface area contributed by atoms with Crippen molar-refractivity contribution in [2.45, 2.75) is 32.7 Å². The van der Waals surface area contributed by atoms with Crippen LogP contribution < -0.4 is 14.8 Å². The standard InChI is InChI=1S/C15H25NO2/c1-6-7-11(2)15(16-3)13-10-12(17-4)8-9-14(13)18-5/h8-11,15-16H,6-7H2,1-5H3. The Labute approximate surface area is 110 Å². The van der Waals surface area contributed by atoms with E-state index in [1.807, 2.05) is 19.2 Å². The van der Waals surface area contributed by atoms with Gasteiger partial charge in [-0.3, -0.25) is 0 Å². The summed E-state index contributed by atoms with van der Waals surface area (Å²) in [5.41, 5.74) is 1.17. The van der Waals surface area contributed by atoms with Gasteiger partial charge in [-0.15, -0.1) is 0 Å². The van der Waals surface area contributed by atoms with E-state index in [1.54, 1.807) is 14.2 Å². The lowest BCUT2D eigenvalue weighted by molar-refractivity contribution is 0.352. The molecule has 0 radical (unpaired) electrons. The molecule has 0 aliphatic rings. The normalized spacial score (nSPS) is 14.1. The van der Waals surface area contributed by atoms with Crippen LogP contribution in [0.1, 0.15) is 38.3 Å². The molecule has 3 heteroatoms. The summed E-state index contributed by atoms with van der Waals surface area (Å²) in [4.78, 5) is 0. The zero-order valence-corrected chi connectivity index (χ0v) is 12.1. The van der Waals surface area contributed by atoms with Crippen molar-refractivity contribution in [3.05, 3.63) is 23.8 Å². The predicted molar refractivity (Wildman–Crippen MR) is 75.4 cm³/mol. The van der Waals surface area contributed by atoms with Gasteiger partial charge in [0.15, 0.2) is 0 Å². The lowest BCUT2D eigenvalue weighted by Crippen LogP contribution is -2.24. The van der Waals surface area contributed by atoms with Crippen LogP contribution in [0.25, 0.3) is 0 Å². The molecule has 0 spiro atoms. The van der Waals surface area contributed by atoms with Crippen LogP contribution in [-0.4, -0.2) is 21.3 Å². The highest BCUT2D eigenvalue weighted by Crippen LogP contribution is 2.34. The molecule has 0 aliphatic carbocycles. The van der Waals surface area contributed by atoms with Crippen molar-refractivity contribution in [2.24, 2.45) is 5.92 Å².